The fraction of sp³-hybridized carbons (Fsp3) is 0.550. The van der Waals surface area contributed by atoms with Crippen molar-refractivity contribution in [1.29, 1.82) is 5.26 Å². The van der Waals surface area contributed by atoms with Gasteiger partial charge in [-0.3, -0.25) is 4.79 Å². The van der Waals surface area contributed by atoms with Crippen LogP contribution in [-0.4, -0.2) is 30.6 Å². The van der Waals surface area contributed by atoms with E-state index < -0.39 is 24.0 Å². The van der Waals surface area contributed by atoms with Gasteiger partial charge < -0.3 is 14.8 Å². The minimum absolute atomic E-state index is 0.0771. The molecule has 0 saturated carbocycles. The van der Waals surface area contributed by atoms with Crippen LogP contribution in [0.25, 0.3) is 0 Å². The van der Waals surface area contributed by atoms with E-state index in [2.05, 4.69) is 25.2 Å². The smallest absolute Gasteiger partial charge is 0.344 e. The number of nitrogens with one attached hydrogen (secondary N) is 1. The van der Waals surface area contributed by atoms with Gasteiger partial charge in [0.2, 0.25) is 0 Å². The Morgan fingerprint density at radius 2 is 1.88 bits per heavy atom. The molecule has 1 aromatic rings. The van der Waals surface area contributed by atoms with Crippen molar-refractivity contribution in [2.24, 2.45) is 5.92 Å². The normalized spacial score (nSPS) is 13.0. The fourth-order valence-corrected chi connectivity index (χ4v) is 2.08. The summed E-state index contributed by atoms with van der Waals surface area (Å²) >= 11 is 0. The predicted octanol–water partition coefficient (Wildman–Crippen LogP) is 3.09. The molecule has 142 valence electrons. The van der Waals surface area contributed by atoms with Crippen LogP contribution in [0.15, 0.2) is 18.2 Å². The average molecular weight is 360 g/mol. The summed E-state index contributed by atoms with van der Waals surface area (Å²) in [5, 5.41) is 11.8. The van der Waals surface area contributed by atoms with Crippen LogP contribution in [0.4, 0.5) is 0 Å². The monoisotopic (exact) mass is 360 g/mol. The number of hydrogen-bond acceptors (Lipinski definition) is 5. The lowest BCUT2D eigenvalue weighted by Gasteiger charge is -2.27. The van der Waals surface area contributed by atoms with Gasteiger partial charge in [0.05, 0.1) is 6.07 Å². The molecule has 0 bridgehead atoms. The van der Waals surface area contributed by atoms with E-state index in [1.807, 2.05) is 39.0 Å². The molecule has 1 aromatic carbocycles. The van der Waals surface area contributed by atoms with Gasteiger partial charge in [0.15, 0.2) is 13.2 Å². The van der Waals surface area contributed by atoms with E-state index >= 15 is 0 Å². The summed E-state index contributed by atoms with van der Waals surface area (Å²) in [6.45, 7) is 10.6. The lowest BCUT2D eigenvalue weighted by atomic mass is 9.90. The molecule has 0 heterocycles. The van der Waals surface area contributed by atoms with Crippen LogP contribution in [-0.2, 0) is 14.3 Å². The minimum atomic E-state index is -1.01. The Labute approximate surface area is 155 Å². The van der Waals surface area contributed by atoms with Crippen LogP contribution in [0, 0.1) is 24.2 Å². The van der Waals surface area contributed by atoms with Crippen molar-refractivity contribution < 1.29 is 19.1 Å². The van der Waals surface area contributed by atoms with Gasteiger partial charge in [-0.15, -0.1) is 0 Å². The van der Waals surface area contributed by atoms with Crippen molar-refractivity contribution >= 4 is 11.9 Å². The molecule has 0 unspecified atom stereocenters. The molecular formula is C20H28N2O4. The third-order valence-corrected chi connectivity index (χ3v) is 4.37. The zero-order chi connectivity index (χ0) is 19.9. The summed E-state index contributed by atoms with van der Waals surface area (Å²) in [6, 6.07) is 7.94. The third-order valence-electron chi connectivity index (χ3n) is 4.37. The van der Waals surface area contributed by atoms with E-state index in [-0.39, 0.29) is 12.5 Å². The SMILES string of the molecule is Cc1ccc(C(C)C)cc1OCC(=O)OCC(=O)N[C@@](C)(C#N)C(C)C. The number of nitriles is 1. The Morgan fingerprint density at radius 3 is 2.42 bits per heavy atom. The molecule has 0 aromatic heterocycles. The molecule has 1 rings (SSSR count). The van der Waals surface area contributed by atoms with Crippen LogP contribution in [0.2, 0.25) is 0 Å². The first-order valence-electron chi connectivity index (χ1n) is 8.70. The van der Waals surface area contributed by atoms with Crippen molar-refractivity contribution in [3.63, 3.8) is 0 Å². The Morgan fingerprint density at radius 1 is 1.23 bits per heavy atom. The Kier molecular flexibility index (Phi) is 7.63. The van der Waals surface area contributed by atoms with Gasteiger partial charge in [-0.1, -0.05) is 39.8 Å². The zero-order valence-electron chi connectivity index (χ0n) is 16.4. The van der Waals surface area contributed by atoms with Crippen LogP contribution < -0.4 is 10.1 Å². The Hall–Kier alpha value is -2.55. The number of aryl methyl sites for hydroxylation is 1. The second kappa shape index (κ2) is 9.23. The molecule has 0 fully saturated rings. The molecule has 0 aliphatic heterocycles. The number of carbonyl (C=O) groups excluding carboxylic acids is 2. The molecule has 1 amide bonds. The largest absolute Gasteiger partial charge is 0.482 e. The lowest BCUT2D eigenvalue weighted by molar-refractivity contribution is -0.150. The minimum Gasteiger partial charge on any atom is -0.482 e. The fourth-order valence-electron chi connectivity index (χ4n) is 2.08. The molecule has 1 N–H and O–H groups in total. The maximum Gasteiger partial charge on any atom is 0.344 e. The standard InChI is InChI=1S/C20H28N2O4/c1-13(2)16-8-7-15(5)17(9-16)25-11-19(24)26-10-18(23)22-20(6,12-21)14(3)4/h7-9,13-14H,10-11H2,1-6H3,(H,22,23)/t20-/m0/s1. The molecule has 0 saturated heterocycles. The van der Waals surface area contributed by atoms with Gasteiger partial charge >= 0.3 is 5.97 Å². The van der Waals surface area contributed by atoms with E-state index in [4.69, 9.17) is 9.47 Å². The van der Waals surface area contributed by atoms with E-state index in [0.717, 1.165) is 11.1 Å². The summed E-state index contributed by atoms with van der Waals surface area (Å²) in [6.07, 6.45) is 0. The molecule has 6 nitrogen and oxygen atoms in total. The van der Waals surface area contributed by atoms with Gasteiger partial charge in [0.1, 0.15) is 11.3 Å². The van der Waals surface area contributed by atoms with E-state index in [1.54, 1.807) is 6.92 Å². The molecular weight excluding hydrogens is 332 g/mol. The number of rotatable bonds is 8. The number of benzene rings is 1. The number of amides is 1. The molecule has 0 aliphatic rings. The second-order valence-corrected chi connectivity index (χ2v) is 7.15. The maximum atomic E-state index is 11.9. The Balaban J connectivity index is 2.52. The maximum absolute atomic E-state index is 11.9. The zero-order valence-corrected chi connectivity index (χ0v) is 16.4. The second-order valence-electron chi connectivity index (χ2n) is 7.15. The van der Waals surface area contributed by atoms with Crippen LogP contribution >= 0.6 is 0 Å². The molecule has 6 heteroatoms. The number of carbonyl (C=O) groups is 2. The van der Waals surface area contributed by atoms with Gasteiger partial charge in [0.25, 0.3) is 5.91 Å². The number of nitrogens with zero attached hydrogens (tertiary/aromatic N) is 1. The molecule has 0 aliphatic carbocycles. The van der Waals surface area contributed by atoms with Crippen molar-refractivity contribution in [1.82, 2.24) is 5.32 Å². The van der Waals surface area contributed by atoms with Gasteiger partial charge in [-0.05, 0) is 42.9 Å². The average Bonchev–Trinajstić information content (AvgIpc) is 2.58. The highest BCUT2D eigenvalue weighted by atomic mass is 16.6. The first-order chi connectivity index (χ1) is 12.1. The molecule has 0 radical (unpaired) electrons. The van der Waals surface area contributed by atoms with E-state index in [9.17, 15) is 14.9 Å². The lowest BCUT2D eigenvalue weighted by Crippen LogP contribution is -2.50. The van der Waals surface area contributed by atoms with Crippen molar-refractivity contribution in [2.45, 2.75) is 53.0 Å². The molecule has 1 atom stereocenters. The third kappa shape index (κ3) is 6.07. The summed E-state index contributed by atoms with van der Waals surface area (Å²) < 4.78 is 10.5. The molecule has 0 spiro atoms. The van der Waals surface area contributed by atoms with Crippen molar-refractivity contribution in [3.05, 3.63) is 29.3 Å². The summed E-state index contributed by atoms with van der Waals surface area (Å²) in [4.78, 5) is 23.7. The van der Waals surface area contributed by atoms with Gasteiger partial charge in [-0.25, -0.2) is 4.79 Å². The summed E-state index contributed by atoms with van der Waals surface area (Å²) in [5.74, 6) is -0.267. The van der Waals surface area contributed by atoms with Gasteiger partial charge in [0, 0.05) is 0 Å². The quantitative estimate of drug-likeness (QED) is 0.720. The van der Waals surface area contributed by atoms with Crippen molar-refractivity contribution in [2.75, 3.05) is 13.2 Å². The Bertz CT molecular complexity index is 692. The van der Waals surface area contributed by atoms with Crippen LogP contribution in [0.1, 0.15) is 51.7 Å². The van der Waals surface area contributed by atoms with Gasteiger partial charge in [-0.2, -0.15) is 5.26 Å². The van der Waals surface area contributed by atoms with E-state index in [0.29, 0.717) is 11.7 Å². The highest BCUT2D eigenvalue weighted by Crippen LogP contribution is 2.24. The van der Waals surface area contributed by atoms with Crippen molar-refractivity contribution in [3.8, 4) is 11.8 Å². The first-order valence-corrected chi connectivity index (χ1v) is 8.70. The first kappa shape index (κ1) is 21.5. The highest BCUT2D eigenvalue weighted by Gasteiger charge is 2.30. The topological polar surface area (TPSA) is 88.4 Å². The molecule has 26 heavy (non-hydrogen) atoms. The number of ether oxygens (including phenoxy) is 2. The predicted molar refractivity (Wildman–Crippen MR) is 98.7 cm³/mol. The summed E-state index contributed by atoms with van der Waals surface area (Å²) in [7, 11) is 0. The number of hydrogen-bond donors (Lipinski definition) is 1. The van der Waals surface area contributed by atoms with Crippen LogP contribution in [0.3, 0.4) is 0 Å². The van der Waals surface area contributed by atoms with E-state index in [1.165, 1.54) is 0 Å². The summed E-state index contributed by atoms with van der Waals surface area (Å²) in [5.41, 5.74) is 1.03. The highest BCUT2D eigenvalue weighted by molar-refractivity contribution is 5.81. The van der Waals surface area contributed by atoms with Crippen LogP contribution in [0.5, 0.6) is 5.75 Å². The number of esters is 1.